The first-order valence-electron chi connectivity index (χ1n) is 4.99. The zero-order chi connectivity index (χ0) is 11.0. The number of carbonyl (C=O) groups is 1. The Balaban J connectivity index is 2.58. The van der Waals surface area contributed by atoms with Gasteiger partial charge in [0.2, 0.25) is 5.90 Å². The lowest BCUT2D eigenvalue weighted by atomic mass is 10.0. The first-order chi connectivity index (χ1) is 7.09. The molecular weight excluding hydrogens is 190 g/mol. The summed E-state index contributed by atoms with van der Waals surface area (Å²) in [5.74, 6) is 0.163. The Labute approximate surface area is 88.8 Å². The molecule has 0 saturated heterocycles. The third-order valence-electron chi connectivity index (χ3n) is 2.27. The zero-order valence-corrected chi connectivity index (χ0v) is 9.07. The van der Waals surface area contributed by atoms with Crippen LogP contribution in [0, 0.1) is 6.92 Å². The minimum absolute atomic E-state index is 0.123. The summed E-state index contributed by atoms with van der Waals surface area (Å²) in [6.07, 6.45) is 0. The smallest absolute Gasteiger partial charge is 0.345 e. The van der Waals surface area contributed by atoms with Crippen LogP contribution in [0.15, 0.2) is 23.2 Å². The van der Waals surface area contributed by atoms with E-state index in [0.717, 1.165) is 11.1 Å². The molecule has 15 heavy (non-hydrogen) atoms. The summed E-state index contributed by atoms with van der Waals surface area (Å²) in [5.41, 5.74) is 2.49. The van der Waals surface area contributed by atoms with Crippen LogP contribution in [-0.4, -0.2) is 17.9 Å². The van der Waals surface area contributed by atoms with Gasteiger partial charge in [0.25, 0.3) is 0 Å². The normalized spacial score (nSPS) is 17.1. The van der Waals surface area contributed by atoms with E-state index in [-0.39, 0.29) is 12.0 Å². The topological polar surface area (TPSA) is 38.7 Å². The van der Waals surface area contributed by atoms with Crippen LogP contribution >= 0.6 is 0 Å². The van der Waals surface area contributed by atoms with Crippen LogP contribution in [0.2, 0.25) is 0 Å². The molecule has 1 aliphatic heterocycles. The van der Waals surface area contributed by atoms with Crippen LogP contribution in [0.4, 0.5) is 0 Å². The lowest BCUT2D eigenvalue weighted by Crippen LogP contribution is -2.05. The fraction of sp³-hybridized carbons (Fsp3) is 0.333. The van der Waals surface area contributed by atoms with Gasteiger partial charge in [0.05, 0.1) is 11.1 Å². The van der Waals surface area contributed by atoms with Crippen molar-refractivity contribution in [3.8, 4) is 0 Å². The van der Waals surface area contributed by atoms with Gasteiger partial charge in [-0.1, -0.05) is 12.1 Å². The van der Waals surface area contributed by atoms with Gasteiger partial charge in [-0.25, -0.2) is 9.79 Å². The molecule has 3 heteroatoms. The molecule has 0 aliphatic carbocycles. The van der Waals surface area contributed by atoms with Crippen molar-refractivity contribution in [3.63, 3.8) is 0 Å². The van der Waals surface area contributed by atoms with Gasteiger partial charge in [-0.05, 0) is 32.4 Å². The van der Waals surface area contributed by atoms with Gasteiger partial charge in [-0.3, -0.25) is 0 Å². The molecule has 3 nitrogen and oxygen atoms in total. The summed E-state index contributed by atoms with van der Waals surface area (Å²) in [6, 6.07) is 5.70. The van der Waals surface area contributed by atoms with Crippen molar-refractivity contribution < 1.29 is 9.53 Å². The lowest BCUT2D eigenvalue weighted by molar-refractivity contribution is 0.0736. The maximum Gasteiger partial charge on any atom is 0.345 e. The monoisotopic (exact) mass is 203 g/mol. The number of rotatable bonds is 1. The van der Waals surface area contributed by atoms with Gasteiger partial charge in [-0.2, -0.15) is 0 Å². The second-order valence-electron chi connectivity index (χ2n) is 3.91. The van der Waals surface area contributed by atoms with Crippen molar-refractivity contribution in [2.45, 2.75) is 26.8 Å². The molecule has 1 aliphatic rings. The van der Waals surface area contributed by atoms with Crippen LogP contribution < -0.4 is 0 Å². The van der Waals surface area contributed by atoms with Crippen molar-refractivity contribution in [1.29, 1.82) is 0 Å². The summed E-state index contributed by atoms with van der Waals surface area (Å²) in [6.45, 7) is 5.87. The van der Waals surface area contributed by atoms with E-state index in [1.807, 2.05) is 32.9 Å². The van der Waals surface area contributed by atoms with Crippen LogP contribution in [0.25, 0.3) is 0 Å². The SMILES string of the molecule is Cc1cccc2c1C(=NC(C)C)OC2=O. The molecule has 0 amide bonds. The maximum atomic E-state index is 11.5. The Morgan fingerprint density at radius 2 is 2.07 bits per heavy atom. The van der Waals surface area contributed by atoms with Crippen LogP contribution in [0.5, 0.6) is 0 Å². The summed E-state index contributed by atoms with van der Waals surface area (Å²) in [7, 11) is 0. The quantitative estimate of drug-likeness (QED) is 0.657. The number of esters is 1. The number of cyclic esters (lactones) is 1. The molecule has 78 valence electrons. The number of nitrogens with zero attached hydrogens (tertiary/aromatic N) is 1. The third-order valence-corrected chi connectivity index (χ3v) is 2.27. The second-order valence-corrected chi connectivity index (χ2v) is 3.91. The highest BCUT2D eigenvalue weighted by atomic mass is 16.5. The van der Waals surface area contributed by atoms with Crippen LogP contribution in [0.1, 0.15) is 35.3 Å². The molecule has 0 aromatic heterocycles. The van der Waals surface area contributed by atoms with E-state index < -0.39 is 0 Å². The minimum atomic E-state index is -0.298. The van der Waals surface area contributed by atoms with Gasteiger partial charge in [0, 0.05) is 6.04 Å². The van der Waals surface area contributed by atoms with E-state index in [2.05, 4.69) is 4.99 Å². The number of aryl methyl sites for hydroxylation is 1. The highest BCUT2D eigenvalue weighted by molar-refractivity contribution is 6.17. The number of ether oxygens (including phenoxy) is 1. The molecule has 0 unspecified atom stereocenters. The van der Waals surface area contributed by atoms with Gasteiger partial charge in [0.1, 0.15) is 0 Å². The molecule has 0 N–H and O–H groups in total. The average molecular weight is 203 g/mol. The molecule has 0 spiro atoms. The van der Waals surface area contributed by atoms with Gasteiger partial charge in [-0.15, -0.1) is 0 Å². The molecule has 0 radical (unpaired) electrons. The molecule has 2 rings (SSSR count). The van der Waals surface area contributed by atoms with Crippen molar-refractivity contribution in [3.05, 3.63) is 34.9 Å². The van der Waals surface area contributed by atoms with Crippen molar-refractivity contribution in [1.82, 2.24) is 0 Å². The number of carbonyl (C=O) groups excluding carboxylic acids is 1. The van der Waals surface area contributed by atoms with Crippen LogP contribution in [0.3, 0.4) is 0 Å². The first-order valence-corrected chi connectivity index (χ1v) is 4.99. The minimum Gasteiger partial charge on any atom is -0.404 e. The Hall–Kier alpha value is -1.64. The molecule has 1 aromatic carbocycles. The highest BCUT2D eigenvalue weighted by Crippen LogP contribution is 2.24. The van der Waals surface area contributed by atoms with Crippen molar-refractivity contribution in [2.24, 2.45) is 4.99 Å². The third kappa shape index (κ3) is 1.65. The molecule has 1 aromatic rings. The Kier molecular flexibility index (Phi) is 2.31. The number of benzene rings is 1. The van der Waals surface area contributed by atoms with Crippen LogP contribution in [-0.2, 0) is 4.74 Å². The second kappa shape index (κ2) is 3.50. The standard InChI is InChI=1S/C12H13NO2/c1-7(2)13-11-10-8(3)5-4-6-9(10)12(14)15-11/h4-7H,1-3H3. The zero-order valence-electron chi connectivity index (χ0n) is 9.07. The van der Waals surface area contributed by atoms with Crippen molar-refractivity contribution >= 4 is 11.9 Å². The van der Waals surface area contributed by atoms with Gasteiger partial charge >= 0.3 is 5.97 Å². The molecule has 0 atom stereocenters. The van der Waals surface area contributed by atoms with E-state index in [0.29, 0.717) is 11.5 Å². The molecule has 0 saturated carbocycles. The summed E-state index contributed by atoms with van der Waals surface area (Å²) >= 11 is 0. The predicted octanol–water partition coefficient (Wildman–Crippen LogP) is 2.32. The maximum absolute atomic E-state index is 11.5. The van der Waals surface area contributed by atoms with E-state index in [9.17, 15) is 4.79 Å². The Bertz CT molecular complexity index is 447. The van der Waals surface area contributed by atoms with Gasteiger partial charge in [0.15, 0.2) is 0 Å². The first kappa shape index (κ1) is 9.90. The largest absolute Gasteiger partial charge is 0.404 e. The van der Waals surface area contributed by atoms with Gasteiger partial charge < -0.3 is 4.74 Å². The average Bonchev–Trinajstić information content (AvgIpc) is 2.44. The molecular formula is C12H13NO2. The van der Waals surface area contributed by atoms with E-state index in [1.54, 1.807) is 6.07 Å². The van der Waals surface area contributed by atoms with E-state index in [4.69, 9.17) is 4.74 Å². The van der Waals surface area contributed by atoms with E-state index in [1.165, 1.54) is 0 Å². The molecule has 1 heterocycles. The molecule has 0 fully saturated rings. The summed E-state index contributed by atoms with van der Waals surface area (Å²) in [5, 5.41) is 0. The number of hydrogen-bond donors (Lipinski definition) is 0. The Morgan fingerprint density at radius 3 is 2.73 bits per heavy atom. The Morgan fingerprint density at radius 1 is 1.33 bits per heavy atom. The fourth-order valence-electron chi connectivity index (χ4n) is 1.64. The number of hydrogen-bond acceptors (Lipinski definition) is 3. The summed E-state index contributed by atoms with van der Waals surface area (Å²) < 4.78 is 5.13. The van der Waals surface area contributed by atoms with Crippen molar-refractivity contribution in [2.75, 3.05) is 0 Å². The summed E-state index contributed by atoms with van der Waals surface area (Å²) in [4.78, 5) is 15.8. The van der Waals surface area contributed by atoms with E-state index >= 15 is 0 Å². The lowest BCUT2D eigenvalue weighted by Gasteiger charge is -2.02. The molecule has 0 bridgehead atoms. The highest BCUT2D eigenvalue weighted by Gasteiger charge is 2.29. The number of fused-ring (bicyclic) bond motifs is 1. The fourth-order valence-corrected chi connectivity index (χ4v) is 1.64. The number of aliphatic imine (C=N–C) groups is 1. The predicted molar refractivity (Wildman–Crippen MR) is 58.3 cm³/mol.